The van der Waals surface area contributed by atoms with Crippen molar-refractivity contribution in [2.24, 2.45) is 5.73 Å². The number of hydrogen-bond donors (Lipinski definition) is 2. The van der Waals surface area contributed by atoms with E-state index in [1.165, 1.54) is 6.07 Å². The molecule has 0 aliphatic carbocycles. The molecule has 110 valence electrons. The summed E-state index contributed by atoms with van der Waals surface area (Å²) in [5.74, 6) is 1.13. The zero-order valence-electron chi connectivity index (χ0n) is 11.5. The SMILES string of the molecule is NCC(Nc1ccccc1F)c1ccc2c(c1)OCCO2. The molecule has 21 heavy (non-hydrogen) atoms. The first-order valence-corrected chi connectivity index (χ1v) is 6.88. The Morgan fingerprint density at radius 3 is 2.62 bits per heavy atom. The first-order chi connectivity index (χ1) is 10.3. The Hall–Kier alpha value is -2.27. The van der Waals surface area contributed by atoms with Gasteiger partial charge in [-0.15, -0.1) is 0 Å². The lowest BCUT2D eigenvalue weighted by atomic mass is 10.1. The molecule has 0 aromatic heterocycles. The minimum Gasteiger partial charge on any atom is -0.486 e. The summed E-state index contributed by atoms with van der Waals surface area (Å²) in [4.78, 5) is 0. The predicted octanol–water partition coefficient (Wildman–Crippen LogP) is 2.71. The van der Waals surface area contributed by atoms with E-state index in [-0.39, 0.29) is 11.9 Å². The molecule has 0 fully saturated rings. The Labute approximate surface area is 122 Å². The number of nitrogens with one attached hydrogen (secondary N) is 1. The smallest absolute Gasteiger partial charge is 0.161 e. The van der Waals surface area contributed by atoms with Gasteiger partial charge in [0.2, 0.25) is 0 Å². The summed E-state index contributed by atoms with van der Waals surface area (Å²) < 4.78 is 24.8. The lowest BCUT2D eigenvalue weighted by Crippen LogP contribution is -2.22. The van der Waals surface area contributed by atoms with Crippen molar-refractivity contribution >= 4 is 5.69 Å². The number of para-hydroxylation sites is 1. The first kappa shape index (κ1) is 13.7. The maximum atomic E-state index is 13.7. The van der Waals surface area contributed by atoms with Gasteiger partial charge in [-0.05, 0) is 29.8 Å². The molecule has 0 amide bonds. The molecule has 3 N–H and O–H groups in total. The second-order valence-electron chi connectivity index (χ2n) is 4.82. The van der Waals surface area contributed by atoms with Crippen LogP contribution in [0.2, 0.25) is 0 Å². The van der Waals surface area contributed by atoms with Gasteiger partial charge in [-0.2, -0.15) is 0 Å². The van der Waals surface area contributed by atoms with Gasteiger partial charge in [0, 0.05) is 6.54 Å². The quantitative estimate of drug-likeness (QED) is 0.908. The molecule has 1 heterocycles. The van der Waals surface area contributed by atoms with E-state index in [0.717, 1.165) is 11.3 Å². The fourth-order valence-electron chi connectivity index (χ4n) is 2.32. The Morgan fingerprint density at radius 2 is 1.86 bits per heavy atom. The van der Waals surface area contributed by atoms with Crippen molar-refractivity contribution in [3.8, 4) is 11.5 Å². The molecular weight excluding hydrogens is 271 g/mol. The largest absolute Gasteiger partial charge is 0.486 e. The Bertz CT molecular complexity index is 633. The van der Waals surface area contributed by atoms with Crippen LogP contribution in [0.25, 0.3) is 0 Å². The molecule has 1 unspecified atom stereocenters. The van der Waals surface area contributed by atoms with Crippen molar-refractivity contribution in [1.29, 1.82) is 0 Å². The number of halogens is 1. The number of ether oxygens (including phenoxy) is 2. The molecule has 0 spiro atoms. The average Bonchev–Trinajstić information content (AvgIpc) is 2.54. The Balaban J connectivity index is 1.85. The number of anilines is 1. The Morgan fingerprint density at radius 1 is 1.10 bits per heavy atom. The third kappa shape index (κ3) is 2.92. The van der Waals surface area contributed by atoms with Crippen molar-refractivity contribution in [3.63, 3.8) is 0 Å². The Kier molecular flexibility index (Phi) is 3.92. The van der Waals surface area contributed by atoms with Crippen molar-refractivity contribution in [3.05, 3.63) is 53.8 Å². The zero-order valence-corrected chi connectivity index (χ0v) is 11.5. The van der Waals surface area contributed by atoms with E-state index in [1.807, 2.05) is 18.2 Å². The van der Waals surface area contributed by atoms with Gasteiger partial charge in [0.25, 0.3) is 0 Å². The van der Waals surface area contributed by atoms with Crippen LogP contribution in [0.4, 0.5) is 10.1 Å². The highest BCUT2D eigenvalue weighted by atomic mass is 19.1. The molecule has 4 nitrogen and oxygen atoms in total. The molecule has 2 aromatic carbocycles. The third-order valence-corrected chi connectivity index (χ3v) is 3.41. The monoisotopic (exact) mass is 288 g/mol. The van der Waals surface area contributed by atoms with Crippen LogP contribution < -0.4 is 20.5 Å². The van der Waals surface area contributed by atoms with Gasteiger partial charge in [-0.3, -0.25) is 0 Å². The van der Waals surface area contributed by atoms with Crippen molar-refractivity contribution < 1.29 is 13.9 Å². The maximum Gasteiger partial charge on any atom is 0.161 e. The topological polar surface area (TPSA) is 56.5 Å². The molecule has 0 radical (unpaired) electrons. The zero-order chi connectivity index (χ0) is 14.7. The molecule has 5 heteroatoms. The van der Waals surface area contributed by atoms with E-state index >= 15 is 0 Å². The van der Waals surface area contributed by atoms with Crippen LogP contribution in [-0.2, 0) is 0 Å². The van der Waals surface area contributed by atoms with Crippen LogP contribution in [0.15, 0.2) is 42.5 Å². The van der Waals surface area contributed by atoms with Gasteiger partial charge in [-0.25, -0.2) is 4.39 Å². The van der Waals surface area contributed by atoms with Crippen LogP contribution >= 0.6 is 0 Å². The summed E-state index contributed by atoms with van der Waals surface area (Å²) in [5.41, 5.74) is 7.19. The molecule has 1 aliphatic heterocycles. The minimum absolute atomic E-state index is 0.197. The maximum absolute atomic E-state index is 13.7. The predicted molar refractivity (Wildman–Crippen MR) is 79.3 cm³/mol. The van der Waals surface area contributed by atoms with E-state index < -0.39 is 0 Å². The van der Waals surface area contributed by atoms with E-state index in [1.54, 1.807) is 18.2 Å². The highest BCUT2D eigenvalue weighted by molar-refractivity contribution is 5.50. The molecular formula is C16H17FN2O2. The molecule has 0 saturated carbocycles. The molecule has 1 aliphatic rings. The lowest BCUT2D eigenvalue weighted by Gasteiger charge is -2.23. The molecule has 0 saturated heterocycles. The van der Waals surface area contributed by atoms with Crippen LogP contribution in [0.3, 0.4) is 0 Å². The second-order valence-corrected chi connectivity index (χ2v) is 4.82. The van der Waals surface area contributed by atoms with Crippen LogP contribution in [0.1, 0.15) is 11.6 Å². The summed E-state index contributed by atoms with van der Waals surface area (Å²) >= 11 is 0. The van der Waals surface area contributed by atoms with Crippen LogP contribution in [0, 0.1) is 5.82 Å². The van der Waals surface area contributed by atoms with E-state index in [2.05, 4.69) is 5.32 Å². The number of hydrogen-bond acceptors (Lipinski definition) is 4. The fourth-order valence-corrected chi connectivity index (χ4v) is 2.32. The molecule has 0 bridgehead atoms. The number of benzene rings is 2. The summed E-state index contributed by atoms with van der Waals surface area (Å²) in [6, 6.07) is 12.0. The van der Waals surface area contributed by atoms with Crippen molar-refractivity contribution in [2.45, 2.75) is 6.04 Å². The van der Waals surface area contributed by atoms with Crippen LogP contribution in [-0.4, -0.2) is 19.8 Å². The molecule has 2 aromatic rings. The molecule has 3 rings (SSSR count). The van der Waals surface area contributed by atoms with Gasteiger partial charge in [0.15, 0.2) is 11.5 Å². The highest BCUT2D eigenvalue weighted by Crippen LogP contribution is 2.33. The van der Waals surface area contributed by atoms with Gasteiger partial charge in [0.1, 0.15) is 19.0 Å². The number of nitrogens with two attached hydrogens (primary N) is 1. The van der Waals surface area contributed by atoms with Gasteiger partial charge in [-0.1, -0.05) is 18.2 Å². The summed E-state index contributed by atoms with van der Waals surface area (Å²) in [7, 11) is 0. The van der Waals surface area contributed by atoms with Crippen molar-refractivity contribution in [1.82, 2.24) is 0 Å². The summed E-state index contributed by atoms with van der Waals surface area (Å²) in [6.45, 7) is 1.43. The summed E-state index contributed by atoms with van der Waals surface area (Å²) in [5, 5.41) is 3.12. The average molecular weight is 288 g/mol. The van der Waals surface area contributed by atoms with Crippen LogP contribution in [0.5, 0.6) is 11.5 Å². The fraction of sp³-hybridized carbons (Fsp3) is 0.250. The van der Waals surface area contributed by atoms with Gasteiger partial charge in [0.05, 0.1) is 11.7 Å². The minimum atomic E-state index is -0.298. The van der Waals surface area contributed by atoms with E-state index in [9.17, 15) is 4.39 Å². The highest BCUT2D eigenvalue weighted by Gasteiger charge is 2.17. The lowest BCUT2D eigenvalue weighted by molar-refractivity contribution is 0.171. The van der Waals surface area contributed by atoms with E-state index in [0.29, 0.717) is 31.2 Å². The third-order valence-electron chi connectivity index (χ3n) is 3.41. The van der Waals surface area contributed by atoms with Gasteiger partial charge < -0.3 is 20.5 Å². The number of rotatable bonds is 4. The molecule has 1 atom stereocenters. The first-order valence-electron chi connectivity index (χ1n) is 6.88. The van der Waals surface area contributed by atoms with Gasteiger partial charge >= 0.3 is 0 Å². The standard InChI is InChI=1S/C16H17FN2O2/c17-12-3-1-2-4-13(12)19-14(10-18)11-5-6-15-16(9-11)21-8-7-20-15/h1-6,9,14,19H,7-8,10,18H2. The van der Waals surface area contributed by atoms with E-state index in [4.69, 9.17) is 15.2 Å². The number of fused-ring (bicyclic) bond motifs is 1. The summed E-state index contributed by atoms with van der Waals surface area (Å²) in [6.07, 6.45) is 0. The van der Waals surface area contributed by atoms with Crippen molar-refractivity contribution in [2.75, 3.05) is 25.1 Å². The second kappa shape index (κ2) is 6.01. The normalized spacial score (nSPS) is 14.6.